The van der Waals surface area contributed by atoms with E-state index in [-0.39, 0.29) is 59.7 Å². The van der Waals surface area contributed by atoms with Gasteiger partial charge >= 0.3 is 11.9 Å². The minimum Gasteiger partial charge on any atom is -0.508 e. The van der Waals surface area contributed by atoms with Gasteiger partial charge in [0.15, 0.2) is 12.6 Å². The molecule has 2 unspecified atom stereocenters. The zero-order valence-corrected chi connectivity index (χ0v) is 34.6. The number of aliphatic hydroxyl groups excluding tert-OH is 2. The van der Waals surface area contributed by atoms with E-state index in [1.165, 1.54) is 0 Å². The van der Waals surface area contributed by atoms with Crippen LogP contribution in [0.5, 0.6) is 0 Å². The lowest BCUT2D eigenvalue weighted by Gasteiger charge is -2.48. The standard InChI is InChI=1S/C43H68O10/c1-37(2,3)29-21-41(11,17-13-31(29)44)19-15-33(46)48-23-39(7,8)35-50-25-43(26-51-35)27-52-36(53-28-43)40(9,10)24-49-34(47)16-20-42(12)18-14-32(45)30(22-42)38(4,5)6/h13-14,17-18,35-36,44-45H,15-16,19-28H2,1-12H3. The van der Waals surface area contributed by atoms with Gasteiger partial charge in [-0.15, -0.1) is 0 Å². The molecule has 0 radical (unpaired) electrons. The Morgan fingerprint density at radius 2 is 0.962 bits per heavy atom. The van der Waals surface area contributed by atoms with Crippen LogP contribution in [-0.2, 0) is 38.0 Å². The van der Waals surface area contributed by atoms with E-state index in [1.54, 1.807) is 12.2 Å². The minimum atomic E-state index is -0.581. The molecule has 0 aromatic carbocycles. The third-order valence-electron chi connectivity index (χ3n) is 11.3. The van der Waals surface area contributed by atoms with E-state index in [9.17, 15) is 19.8 Å². The maximum Gasteiger partial charge on any atom is 0.305 e. The number of hydrogen-bond donors (Lipinski definition) is 2. The van der Waals surface area contributed by atoms with E-state index in [2.05, 4.69) is 55.4 Å². The molecule has 0 saturated carbocycles. The summed E-state index contributed by atoms with van der Waals surface area (Å²) in [4.78, 5) is 25.7. The Labute approximate surface area is 318 Å². The summed E-state index contributed by atoms with van der Waals surface area (Å²) in [7, 11) is 0. The second-order valence-electron chi connectivity index (χ2n) is 20.3. The molecule has 2 atom stereocenters. The number of esters is 2. The third-order valence-corrected chi connectivity index (χ3v) is 11.3. The number of aliphatic hydroxyl groups is 2. The van der Waals surface area contributed by atoms with Crippen LogP contribution in [0.25, 0.3) is 0 Å². The molecule has 0 bridgehead atoms. The molecule has 300 valence electrons. The van der Waals surface area contributed by atoms with Crippen LogP contribution in [0.4, 0.5) is 0 Å². The Morgan fingerprint density at radius 3 is 1.26 bits per heavy atom. The zero-order valence-electron chi connectivity index (χ0n) is 34.6. The molecule has 2 saturated heterocycles. The maximum atomic E-state index is 12.8. The van der Waals surface area contributed by atoms with Crippen LogP contribution in [0.2, 0.25) is 0 Å². The average molecular weight is 745 g/mol. The van der Waals surface area contributed by atoms with E-state index in [4.69, 9.17) is 28.4 Å². The van der Waals surface area contributed by atoms with Gasteiger partial charge in [0.1, 0.15) is 24.7 Å². The molecule has 2 aliphatic carbocycles. The maximum absolute atomic E-state index is 12.8. The summed E-state index contributed by atoms with van der Waals surface area (Å²) in [5, 5.41) is 20.8. The lowest BCUT2D eigenvalue weighted by molar-refractivity contribution is -0.337. The number of allylic oxidation sites excluding steroid dienone is 6. The largest absolute Gasteiger partial charge is 0.508 e. The van der Waals surface area contributed by atoms with E-state index in [1.807, 2.05) is 39.8 Å². The molecule has 1 spiro atoms. The van der Waals surface area contributed by atoms with Crippen molar-refractivity contribution < 1.29 is 48.2 Å². The molecule has 0 aromatic rings. The van der Waals surface area contributed by atoms with Gasteiger partial charge in [0.2, 0.25) is 0 Å². The number of rotatable bonds is 12. The van der Waals surface area contributed by atoms with Gasteiger partial charge in [-0.1, -0.05) is 95.2 Å². The summed E-state index contributed by atoms with van der Waals surface area (Å²) in [6.07, 6.45) is 9.57. The lowest BCUT2D eigenvalue weighted by atomic mass is 9.70. The van der Waals surface area contributed by atoms with Gasteiger partial charge in [-0.3, -0.25) is 9.59 Å². The van der Waals surface area contributed by atoms with Crippen LogP contribution < -0.4 is 0 Å². The summed E-state index contributed by atoms with van der Waals surface area (Å²) in [5.74, 6) is 0.112. The second-order valence-corrected chi connectivity index (χ2v) is 20.3. The molecule has 53 heavy (non-hydrogen) atoms. The van der Waals surface area contributed by atoms with Gasteiger partial charge in [0, 0.05) is 23.7 Å². The van der Waals surface area contributed by atoms with Crippen LogP contribution in [0.1, 0.15) is 122 Å². The van der Waals surface area contributed by atoms with Crippen LogP contribution in [0, 0.1) is 37.9 Å². The SMILES string of the molecule is CC1(CCC(=O)OCC(C)(C)C2OCC3(CO2)COC(C(C)(C)COC(=O)CCC2(C)C=CC(O)=C(C(C)(C)C)C2)OC3)C=CC(O)=C(C(C)(C)C)C1. The van der Waals surface area contributed by atoms with Gasteiger partial charge in [-0.2, -0.15) is 0 Å². The summed E-state index contributed by atoms with van der Waals surface area (Å²) in [6, 6.07) is 0. The Kier molecular flexibility index (Phi) is 12.9. The predicted molar refractivity (Wildman–Crippen MR) is 204 cm³/mol. The fourth-order valence-corrected chi connectivity index (χ4v) is 7.36. The van der Waals surface area contributed by atoms with Gasteiger partial charge in [0.25, 0.3) is 0 Å². The van der Waals surface area contributed by atoms with Crippen molar-refractivity contribution in [2.75, 3.05) is 39.6 Å². The van der Waals surface area contributed by atoms with Crippen molar-refractivity contribution in [3.63, 3.8) is 0 Å². The summed E-state index contributed by atoms with van der Waals surface area (Å²) in [6.45, 7) is 26.4. The molecular formula is C43H68O10. The van der Waals surface area contributed by atoms with Crippen molar-refractivity contribution in [2.24, 2.45) is 37.9 Å². The van der Waals surface area contributed by atoms with Gasteiger partial charge in [-0.05, 0) is 70.6 Å². The van der Waals surface area contributed by atoms with Crippen molar-refractivity contribution in [1.29, 1.82) is 0 Å². The van der Waals surface area contributed by atoms with Crippen LogP contribution in [-0.4, -0.2) is 74.4 Å². The highest BCUT2D eigenvalue weighted by Crippen LogP contribution is 2.46. The molecule has 0 amide bonds. The van der Waals surface area contributed by atoms with Gasteiger partial charge in [-0.25, -0.2) is 0 Å². The number of carbonyl (C=O) groups excluding carboxylic acids is 2. The number of hydrogen-bond acceptors (Lipinski definition) is 10. The van der Waals surface area contributed by atoms with Crippen molar-refractivity contribution in [2.45, 2.75) is 134 Å². The fraction of sp³-hybridized carbons (Fsp3) is 0.767. The Morgan fingerprint density at radius 1 is 0.642 bits per heavy atom. The van der Waals surface area contributed by atoms with Gasteiger partial charge < -0.3 is 38.6 Å². The zero-order chi connectivity index (χ0) is 39.7. The first-order chi connectivity index (χ1) is 24.3. The van der Waals surface area contributed by atoms with E-state index < -0.39 is 28.8 Å². The highest BCUT2D eigenvalue weighted by molar-refractivity contribution is 5.70. The highest BCUT2D eigenvalue weighted by Gasteiger charge is 2.48. The second kappa shape index (κ2) is 15.8. The van der Waals surface area contributed by atoms with E-state index >= 15 is 0 Å². The Hall–Kier alpha value is -2.66. The monoisotopic (exact) mass is 744 g/mol. The molecule has 2 fully saturated rings. The van der Waals surface area contributed by atoms with Crippen LogP contribution in [0.15, 0.2) is 47.0 Å². The molecule has 4 rings (SSSR count). The molecule has 10 nitrogen and oxygen atoms in total. The molecule has 10 heteroatoms. The lowest BCUT2D eigenvalue weighted by Crippen LogP contribution is -2.57. The first-order valence-electron chi connectivity index (χ1n) is 19.3. The number of ether oxygens (including phenoxy) is 6. The summed E-state index contributed by atoms with van der Waals surface area (Å²) in [5.41, 5.74) is -0.405. The molecule has 2 aliphatic heterocycles. The molecule has 4 aliphatic rings. The topological polar surface area (TPSA) is 130 Å². The molecule has 2 N–H and O–H groups in total. The Bertz CT molecular complexity index is 1340. The van der Waals surface area contributed by atoms with E-state index in [0.29, 0.717) is 63.6 Å². The van der Waals surface area contributed by atoms with Crippen LogP contribution in [0.3, 0.4) is 0 Å². The average Bonchev–Trinajstić information content (AvgIpc) is 3.07. The third kappa shape index (κ3) is 11.2. The fourth-order valence-electron chi connectivity index (χ4n) is 7.36. The van der Waals surface area contributed by atoms with E-state index in [0.717, 1.165) is 11.1 Å². The molecule has 0 aromatic heterocycles. The first kappa shape index (κ1) is 43.1. The quantitative estimate of drug-likeness (QED) is 0.187. The van der Waals surface area contributed by atoms with Crippen LogP contribution >= 0.6 is 0 Å². The molecule has 2 heterocycles. The summed E-state index contributed by atoms with van der Waals surface area (Å²) >= 11 is 0. The number of carbonyl (C=O) groups is 2. The van der Waals surface area contributed by atoms with Crippen molar-refractivity contribution in [1.82, 2.24) is 0 Å². The minimum absolute atomic E-state index is 0.153. The highest BCUT2D eigenvalue weighted by atomic mass is 16.7. The Balaban J connectivity index is 1.16. The normalized spacial score (nSPS) is 30.2. The molecular weight excluding hydrogens is 676 g/mol. The predicted octanol–water partition coefficient (Wildman–Crippen LogP) is 9.07. The summed E-state index contributed by atoms with van der Waals surface area (Å²) < 4.78 is 36.3. The van der Waals surface area contributed by atoms with Gasteiger partial charge in [0.05, 0.1) is 31.8 Å². The van der Waals surface area contributed by atoms with Crippen molar-refractivity contribution in [3.8, 4) is 0 Å². The van der Waals surface area contributed by atoms with Crippen molar-refractivity contribution >= 4 is 11.9 Å². The first-order valence-corrected chi connectivity index (χ1v) is 19.3. The van der Waals surface area contributed by atoms with Crippen molar-refractivity contribution in [3.05, 3.63) is 47.0 Å². The smallest absolute Gasteiger partial charge is 0.305 e.